The van der Waals surface area contributed by atoms with Crippen molar-refractivity contribution in [3.8, 4) is 0 Å². The van der Waals surface area contributed by atoms with Crippen LogP contribution in [-0.2, 0) is 11.3 Å². The number of rotatable bonds is 6. The van der Waals surface area contributed by atoms with Crippen molar-refractivity contribution in [2.45, 2.75) is 19.4 Å². The second kappa shape index (κ2) is 6.27. The summed E-state index contributed by atoms with van der Waals surface area (Å²) in [5.74, 6) is 2.66. The van der Waals surface area contributed by atoms with Crippen LogP contribution in [0.3, 0.4) is 0 Å². The molecule has 0 aliphatic heterocycles. The molecule has 0 spiro atoms. The number of thioether (sulfide) groups is 1. The maximum Gasteiger partial charge on any atom is 0.230 e. The minimum Gasteiger partial charge on any atom is -0.350 e. The average Bonchev–Trinajstić information content (AvgIpc) is 3.29. The van der Waals surface area contributed by atoms with Gasteiger partial charge >= 0.3 is 0 Å². The molecule has 1 aliphatic rings. The van der Waals surface area contributed by atoms with Gasteiger partial charge in [0.1, 0.15) is 0 Å². The second-order valence-electron chi connectivity index (χ2n) is 5.23. The number of nitrogens with zero attached hydrogens (tertiary/aromatic N) is 1. The van der Waals surface area contributed by atoms with Crippen LogP contribution in [0.5, 0.6) is 0 Å². The number of carbonyl (C=O) groups excluding carboxylic acids is 1. The zero-order valence-corrected chi connectivity index (χ0v) is 12.2. The first kappa shape index (κ1) is 13.4. The quantitative estimate of drug-likeness (QED) is 0.887. The maximum atomic E-state index is 11.7. The Morgan fingerprint density at radius 1 is 1.25 bits per heavy atom. The van der Waals surface area contributed by atoms with Gasteiger partial charge in [-0.15, -0.1) is 0 Å². The highest BCUT2D eigenvalue weighted by atomic mass is 32.2. The van der Waals surface area contributed by atoms with Gasteiger partial charge in [0.15, 0.2) is 0 Å². The van der Waals surface area contributed by atoms with Crippen molar-refractivity contribution in [1.82, 2.24) is 10.3 Å². The summed E-state index contributed by atoms with van der Waals surface area (Å²) in [5.41, 5.74) is 1.88. The van der Waals surface area contributed by atoms with Gasteiger partial charge in [0.25, 0.3) is 0 Å². The van der Waals surface area contributed by atoms with Gasteiger partial charge in [0, 0.05) is 5.39 Å². The fraction of sp³-hybridized carbons (Fsp3) is 0.375. The molecule has 4 heteroatoms. The van der Waals surface area contributed by atoms with Crippen LogP contribution in [0, 0.1) is 5.92 Å². The largest absolute Gasteiger partial charge is 0.350 e. The molecule has 3 nitrogen and oxygen atoms in total. The minimum absolute atomic E-state index is 0.102. The van der Waals surface area contributed by atoms with E-state index in [4.69, 9.17) is 0 Å². The molecule has 1 amide bonds. The smallest absolute Gasteiger partial charge is 0.230 e. The van der Waals surface area contributed by atoms with Crippen molar-refractivity contribution in [3.63, 3.8) is 0 Å². The van der Waals surface area contributed by atoms with Crippen molar-refractivity contribution >= 4 is 28.6 Å². The van der Waals surface area contributed by atoms with Gasteiger partial charge in [-0.1, -0.05) is 24.3 Å². The molecule has 0 bridgehead atoms. The molecular formula is C16H18N2OS. The number of benzene rings is 1. The van der Waals surface area contributed by atoms with Gasteiger partial charge in [0.05, 0.1) is 23.5 Å². The van der Waals surface area contributed by atoms with Crippen LogP contribution >= 0.6 is 11.8 Å². The van der Waals surface area contributed by atoms with Crippen LogP contribution in [0.1, 0.15) is 18.5 Å². The Morgan fingerprint density at radius 3 is 2.95 bits per heavy atom. The van der Waals surface area contributed by atoms with E-state index < -0.39 is 0 Å². The second-order valence-corrected chi connectivity index (χ2v) is 6.26. The van der Waals surface area contributed by atoms with Gasteiger partial charge in [0.2, 0.25) is 5.91 Å². The molecule has 0 radical (unpaired) electrons. The normalized spacial score (nSPS) is 14.4. The molecule has 3 rings (SSSR count). The van der Waals surface area contributed by atoms with E-state index in [-0.39, 0.29) is 5.91 Å². The molecule has 2 aromatic rings. The lowest BCUT2D eigenvalue weighted by molar-refractivity contribution is -0.118. The van der Waals surface area contributed by atoms with Gasteiger partial charge in [-0.05, 0) is 36.6 Å². The topological polar surface area (TPSA) is 42.0 Å². The van der Waals surface area contributed by atoms with Crippen molar-refractivity contribution in [1.29, 1.82) is 0 Å². The number of hydrogen-bond donors (Lipinski definition) is 1. The molecule has 20 heavy (non-hydrogen) atoms. The van der Waals surface area contributed by atoms with Crippen LogP contribution < -0.4 is 5.32 Å². The summed E-state index contributed by atoms with van der Waals surface area (Å²) in [5, 5.41) is 4.06. The van der Waals surface area contributed by atoms with E-state index in [9.17, 15) is 4.79 Å². The van der Waals surface area contributed by atoms with Gasteiger partial charge in [-0.2, -0.15) is 11.8 Å². The summed E-state index contributed by atoms with van der Waals surface area (Å²) in [6.45, 7) is 0.508. The molecule has 1 aromatic heterocycles. The number of carbonyl (C=O) groups is 1. The Labute approximate surface area is 123 Å². The summed E-state index contributed by atoms with van der Waals surface area (Å²) in [6, 6.07) is 12.0. The highest BCUT2D eigenvalue weighted by Gasteiger charge is 2.21. The first-order valence-corrected chi connectivity index (χ1v) is 8.16. The SMILES string of the molecule is O=C(CSCC1CC1)NCc1ccc2ccccc2n1. The monoisotopic (exact) mass is 286 g/mol. The summed E-state index contributed by atoms with van der Waals surface area (Å²) in [6.07, 6.45) is 2.69. The number of nitrogens with one attached hydrogen (secondary N) is 1. The van der Waals surface area contributed by atoms with E-state index in [1.807, 2.05) is 36.4 Å². The molecule has 1 aromatic carbocycles. The molecule has 1 aliphatic carbocycles. The lowest BCUT2D eigenvalue weighted by Crippen LogP contribution is -2.25. The molecular weight excluding hydrogens is 268 g/mol. The first-order chi connectivity index (χ1) is 9.81. The third kappa shape index (κ3) is 3.73. The standard InChI is InChI=1S/C16H18N2OS/c19-16(11-20-10-12-5-6-12)17-9-14-8-7-13-3-1-2-4-15(13)18-14/h1-4,7-8,12H,5-6,9-11H2,(H,17,19). The molecule has 0 atom stereocenters. The lowest BCUT2D eigenvalue weighted by Gasteiger charge is -2.06. The molecule has 1 fully saturated rings. The fourth-order valence-corrected chi connectivity index (χ4v) is 3.12. The zero-order chi connectivity index (χ0) is 13.8. The average molecular weight is 286 g/mol. The Kier molecular flexibility index (Phi) is 4.21. The Morgan fingerprint density at radius 2 is 2.10 bits per heavy atom. The summed E-state index contributed by atoms with van der Waals surface area (Å²) in [4.78, 5) is 16.3. The summed E-state index contributed by atoms with van der Waals surface area (Å²) >= 11 is 1.74. The molecule has 104 valence electrons. The summed E-state index contributed by atoms with van der Waals surface area (Å²) in [7, 11) is 0. The number of pyridine rings is 1. The van der Waals surface area contributed by atoms with E-state index in [2.05, 4.69) is 10.3 Å². The predicted octanol–water partition coefficient (Wildman–Crippen LogP) is 2.99. The highest BCUT2D eigenvalue weighted by molar-refractivity contribution is 7.99. The van der Waals surface area contributed by atoms with Crippen molar-refractivity contribution in [3.05, 3.63) is 42.1 Å². The maximum absolute atomic E-state index is 11.7. The van der Waals surface area contributed by atoms with E-state index in [0.717, 1.165) is 28.3 Å². The first-order valence-electron chi connectivity index (χ1n) is 7.00. The van der Waals surface area contributed by atoms with Crippen LogP contribution in [0.2, 0.25) is 0 Å². The minimum atomic E-state index is 0.102. The number of amides is 1. The zero-order valence-electron chi connectivity index (χ0n) is 11.3. The molecule has 0 unspecified atom stereocenters. The van der Waals surface area contributed by atoms with Gasteiger partial charge in [-0.3, -0.25) is 9.78 Å². The van der Waals surface area contributed by atoms with Crippen LogP contribution in [0.4, 0.5) is 0 Å². The van der Waals surface area contributed by atoms with Crippen molar-refractivity contribution < 1.29 is 4.79 Å². The van der Waals surface area contributed by atoms with Crippen molar-refractivity contribution in [2.75, 3.05) is 11.5 Å². The summed E-state index contributed by atoms with van der Waals surface area (Å²) < 4.78 is 0. The van der Waals surface area contributed by atoms with E-state index in [0.29, 0.717) is 12.3 Å². The molecule has 0 saturated heterocycles. The van der Waals surface area contributed by atoms with Crippen LogP contribution in [0.15, 0.2) is 36.4 Å². The van der Waals surface area contributed by atoms with E-state index >= 15 is 0 Å². The lowest BCUT2D eigenvalue weighted by atomic mass is 10.2. The number of para-hydroxylation sites is 1. The number of fused-ring (bicyclic) bond motifs is 1. The highest BCUT2D eigenvalue weighted by Crippen LogP contribution is 2.32. The Hall–Kier alpha value is -1.55. The Balaban J connectivity index is 1.49. The predicted molar refractivity (Wildman–Crippen MR) is 83.6 cm³/mol. The van der Waals surface area contributed by atoms with Gasteiger partial charge in [-0.25, -0.2) is 0 Å². The third-order valence-corrected chi connectivity index (χ3v) is 4.58. The Bertz CT molecular complexity index is 610. The third-order valence-electron chi connectivity index (χ3n) is 3.41. The van der Waals surface area contributed by atoms with E-state index in [1.165, 1.54) is 12.8 Å². The van der Waals surface area contributed by atoms with Gasteiger partial charge < -0.3 is 5.32 Å². The fourth-order valence-electron chi connectivity index (χ4n) is 2.05. The number of aromatic nitrogens is 1. The van der Waals surface area contributed by atoms with Crippen molar-refractivity contribution in [2.24, 2.45) is 5.92 Å². The molecule has 1 heterocycles. The number of hydrogen-bond acceptors (Lipinski definition) is 3. The molecule has 1 saturated carbocycles. The van der Waals surface area contributed by atoms with E-state index in [1.54, 1.807) is 11.8 Å². The van der Waals surface area contributed by atoms with Crippen LogP contribution in [-0.4, -0.2) is 22.4 Å². The molecule has 1 N–H and O–H groups in total. The van der Waals surface area contributed by atoms with Crippen LogP contribution in [0.25, 0.3) is 10.9 Å².